The lowest BCUT2D eigenvalue weighted by Gasteiger charge is -2.16. The fraction of sp³-hybridized carbons (Fsp3) is 0.0833. The van der Waals surface area contributed by atoms with Crippen molar-refractivity contribution in [2.75, 3.05) is 11.1 Å². The molecule has 0 radical (unpaired) electrons. The van der Waals surface area contributed by atoms with E-state index in [-0.39, 0.29) is 11.2 Å². The zero-order valence-electron chi connectivity index (χ0n) is 15.7. The molecule has 0 unspecified atom stereocenters. The van der Waals surface area contributed by atoms with E-state index in [0.29, 0.717) is 5.75 Å². The highest BCUT2D eigenvalue weighted by Gasteiger charge is 2.32. The van der Waals surface area contributed by atoms with Crippen LogP contribution >= 0.6 is 11.8 Å². The minimum Gasteiger partial charge on any atom is -0.310 e. The molecule has 0 saturated heterocycles. The van der Waals surface area contributed by atoms with Crippen LogP contribution in [-0.4, -0.2) is 21.4 Å². The number of anilines is 1. The molecule has 142 valence electrons. The number of rotatable bonds is 3. The molecule has 1 aliphatic heterocycles. The maximum atomic E-state index is 12.6. The Balaban J connectivity index is 1.79. The Morgan fingerprint density at radius 3 is 2.17 bits per heavy atom. The summed E-state index contributed by atoms with van der Waals surface area (Å²) in [5.74, 6) is 1.14. The molecule has 0 bridgehead atoms. The van der Waals surface area contributed by atoms with E-state index >= 15 is 0 Å². The van der Waals surface area contributed by atoms with Gasteiger partial charge in [0.15, 0.2) is 0 Å². The lowest BCUT2D eigenvalue weighted by Crippen LogP contribution is -2.15. The summed E-state index contributed by atoms with van der Waals surface area (Å²) in [4.78, 5) is 12.6. The van der Waals surface area contributed by atoms with Gasteiger partial charge in [0.05, 0.1) is 22.4 Å². The van der Waals surface area contributed by atoms with Crippen LogP contribution in [0.25, 0.3) is 16.9 Å². The molecule has 0 saturated carbocycles. The van der Waals surface area contributed by atoms with Crippen LogP contribution in [0, 0.1) is 0 Å². The average Bonchev–Trinajstić information content (AvgIpc) is 3.05. The van der Waals surface area contributed by atoms with Gasteiger partial charge in [-0.3, -0.25) is 4.79 Å². The summed E-state index contributed by atoms with van der Waals surface area (Å²) < 4.78 is 1.86. The number of nitrogens with one attached hydrogen (secondary N) is 1. The number of aromatic nitrogens is 2. The molecule has 1 aliphatic rings. The minimum absolute atomic E-state index is 0.00799. The highest BCUT2D eigenvalue weighted by molar-refractivity contribution is 8.00. The van der Waals surface area contributed by atoms with Gasteiger partial charge < -0.3 is 5.32 Å². The number of nitrogens with zero attached hydrogens (tertiary/aromatic N) is 2. The number of carbonyl (C=O) groups excluding carboxylic acids is 1. The van der Waals surface area contributed by atoms with Gasteiger partial charge in [0.1, 0.15) is 5.82 Å². The average molecular weight is 398 g/mol. The third kappa shape index (κ3) is 3.34. The fourth-order valence-electron chi connectivity index (χ4n) is 3.67. The Morgan fingerprint density at radius 2 is 1.48 bits per heavy atom. The van der Waals surface area contributed by atoms with E-state index in [1.54, 1.807) is 11.8 Å². The molecule has 1 atom stereocenters. The molecule has 4 nitrogen and oxygen atoms in total. The van der Waals surface area contributed by atoms with Crippen LogP contribution in [0.1, 0.15) is 16.4 Å². The van der Waals surface area contributed by atoms with Crippen molar-refractivity contribution in [2.24, 2.45) is 0 Å². The molecular weight excluding hydrogens is 378 g/mol. The minimum atomic E-state index is -0.00799. The van der Waals surface area contributed by atoms with E-state index in [1.165, 1.54) is 5.56 Å². The molecule has 0 spiro atoms. The van der Waals surface area contributed by atoms with Gasteiger partial charge in [0, 0.05) is 11.1 Å². The Hall–Kier alpha value is -3.31. The second-order valence-electron chi connectivity index (χ2n) is 6.87. The summed E-state index contributed by atoms with van der Waals surface area (Å²) in [6.45, 7) is 0. The maximum Gasteiger partial charge on any atom is 0.235 e. The molecule has 1 N–H and O–H groups in total. The Kier molecular flexibility index (Phi) is 4.66. The number of thioether (sulfide) groups is 1. The molecule has 1 aromatic heterocycles. The summed E-state index contributed by atoms with van der Waals surface area (Å²) in [7, 11) is 0. The molecule has 2 heterocycles. The Bertz CT molecular complexity index is 1140. The van der Waals surface area contributed by atoms with Crippen LogP contribution in [0.15, 0.2) is 91.0 Å². The predicted octanol–water partition coefficient (Wildman–Crippen LogP) is 5.31. The van der Waals surface area contributed by atoms with Crippen molar-refractivity contribution in [2.45, 2.75) is 5.25 Å². The van der Waals surface area contributed by atoms with Crippen LogP contribution in [-0.2, 0) is 4.79 Å². The zero-order chi connectivity index (χ0) is 19.6. The molecule has 3 aromatic carbocycles. The smallest absolute Gasteiger partial charge is 0.235 e. The van der Waals surface area contributed by atoms with Gasteiger partial charge >= 0.3 is 0 Å². The largest absolute Gasteiger partial charge is 0.310 e. The standard InChI is InChI=1S/C24H19N3OS/c28-20-16-29-23(18-12-6-2-7-13-18)21-22(17-10-4-1-5-11-17)26-27(24(21)25-20)19-14-8-3-9-15-19/h1-15,23H,16H2,(H,25,28)/t23-/m1/s1. The van der Waals surface area contributed by atoms with Crippen molar-refractivity contribution in [1.29, 1.82) is 0 Å². The highest BCUT2D eigenvalue weighted by Crippen LogP contribution is 2.46. The topological polar surface area (TPSA) is 46.9 Å². The summed E-state index contributed by atoms with van der Waals surface area (Å²) in [5.41, 5.74) is 5.07. The second kappa shape index (κ2) is 7.60. The number of hydrogen-bond donors (Lipinski definition) is 1. The SMILES string of the molecule is O=C1CS[C@H](c2ccccc2)c2c(-c3ccccc3)nn(-c3ccccc3)c2N1. The van der Waals surface area contributed by atoms with E-state index in [1.807, 2.05) is 71.4 Å². The van der Waals surface area contributed by atoms with E-state index in [4.69, 9.17) is 5.10 Å². The first-order valence-electron chi connectivity index (χ1n) is 9.51. The quantitative estimate of drug-likeness (QED) is 0.509. The van der Waals surface area contributed by atoms with Crippen LogP contribution in [0.2, 0.25) is 0 Å². The first-order chi connectivity index (χ1) is 14.3. The number of benzene rings is 3. The van der Waals surface area contributed by atoms with Gasteiger partial charge in [0.25, 0.3) is 0 Å². The van der Waals surface area contributed by atoms with Gasteiger partial charge in [-0.05, 0) is 17.7 Å². The van der Waals surface area contributed by atoms with Gasteiger partial charge in [-0.25, -0.2) is 4.68 Å². The summed E-state index contributed by atoms with van der Waals surface area (Å²) in [6.07, 6.45) is 0. The number of carbonyl (C=O) groups is 1. The van der Waals surface area contributed by atoms with Gasteiger partial charge in [-0.1, -0.05) is 78.9 Å². The molecule has 29 heavy (non-hydrogen) atoms. The van der Waals surface area contributed by atoms with Crippen LogP contribution in [0.5, 0.6) is 0 Å². The van der Waals surface area contributed by atoms with E-state index < -0.39 is 0 Å². The first kappa shape index (κ1) is 17.8. The first-order valence-corrected chi connectivity index (χ1v) is 10.6. The van der Waals surface area contributed by atoms with Gasteiger partial charge in [-0.15, -0.1) is 11.8 Å². The Morgan fingerprint density at radius 1 is 0.862 bits per heavy atom. The predicted molar refractivity (Wildman–Crippen MR) is 118 cm³/mol. The van der Waals surface area contributed by atoms with Crippen molar-refractivity contribution >= 4 is 23.5 Å². The van der Waals surface area contributed by atoms with Crippen molar-refractivity contribution in [1.82, 2.24) is 9.78 Å². The highest BCUT2D eigenvalue weighted by atomic mass is 32.2. The van der Waals surface area contributed by atoms with Crippen LogP contribution < -0.4 is 5.32 Å². The van der Waals surface area contributed by atoms with Crippen molar-refractivity contribution in [3.63, 3.8) is 0 Å². The number of fused-ring (bicyclic) bond motifs is 1. The third-order valence-electron chi connectivity index (χ3n) is 4.97. The van der Waals surface area contributed by atoms with E-state index in [9.17, 15) is 4.79 Å². The number of amides is 1. The number of hydrogen-bond acceptors (Lipinski definition) is 3. The van der Waals surface area contributed by atoms with Crippen molar-refractivity contribution in [3.05, 3.63) is 102 Å². The van der Waals surface area contributed by atoms with Gasteiger partial charge in [0.2, 0.25) is 5.91 Å². The van der Waals surface area contributed by atoms with E-state index in [0.717, 1.165) is 28.3 Å². The molecule has 0 fully saturated rings. The summed E-state index contributed by atoms with van der Waals surface area (Å²) in [6, 6.07) is 30.4. The molecule has 0 aliphatic carbocycles. The Labute approximate surface area is 173 Å². The zero-order valence-corrected chi connectivity index (χ0v) is 16.5. The van der Waals surface area contributed by atoms with Crippen LogP contribution in [0.3, 0.4) is 0 Å². The molecular formula is C24H19N3OS. The van der Waals surface area contributed by atoms with Crippen LogP contribution in [0.4, 0.5) is 5.82 Å². The fourth-order valence-corrected chi connectivity index (χ4v) is 4.79. The lowest BCUT2D eigenvalue weighted by atomic mass is 10.00. The van der Waals surface area contributed by atoms with Crippen molar-refractivity contribution in [3.8, 4) is 16.9 Å². The third-order valence-corrected chi connectivity index (χ3v) is 6.24. The maximum absolute atomic E-state index is 12.6. The summed E-state index contributed by atoms with van der Waals surface area (Å²) in [5, 5.41) is 8.10. The summed E-state index contributed by atoms with van der Waals surface area (Å²) >= 11 is 1.64. The van der Waals surface area contributed by atoms with Crippen molar-refractivity contribution < 1.29 is 4.79 Å². The molecule has 4 aromatic rings. The monoisotopic (exact) mass is 397 g/mol. The van der Waals surface area contributed by atoms with Gasteiger partial charge in [-0.2, -0.15) is 5.10 Å². The molecule has 1 amide bonds. The molecule has 5 rings (SSSR count). The normalized spacial score (nSPS) is 16.0. The number of para-hydroxylation sites is 1. The second-order valence-corrected chi connectivity index (χ2v) is 7.97. The molecule has 5 heteroatoms. The lowest BCUT2D eigenvalue weighted by molar-refractivity contribution is -0.113. The van der Waals surface area contributed by atoms with E-state index in [2.05, 4.69) is 29.6 Å².